The Bertz CT molecular complexity index is 130. The minimum absolute atomic E-state index is 0.486. The minimum Gasteiger partial charge on any atom is -0.390 e. The van der Waals surface area contributed by atoms with Crippen LogP contribution in [0.15, 0.2) is 0 Å². The summed E-state index contributed by atoms with van der Waals surface area (Å²) in [6, 6.07) is 0. The maximum atomic E-state index is 9.99. The Balaban J connectivity index is 4.13. The topological polar surface area (TPSA) is 40.5 Å². The standard InChI is InChI=1S/C11H24O2/c1-5-9(4)8-10(12)11(13,6-2)7-3/h9-10,12-13H,5-8H2,1-4H3. The molecule has 0 fully saturated rings. The summed E-state index contributed by atoms with van der Waals surface area (Å²) in [7, 11) is 0. The molecule has 2 heteroatoms. The molecular weight excluding hydrogens is 164 g/mol. The molecule has 0 aromatic rings. The highest BCUT2D eigenvalue weighted by molar-refractivity contribution is 4.84. The Labute approximate surface area is 82.0 Å². The molecule has 2 nitrogen and oxygen atoms in total. The molecule has 0 saturated carbocycles. The first-order chi connectivity index (χ1) is 6.00. The molecule has 0 aromatic heterocycles. The second-order valence-electron chi connectivity index (χ2n) is 4.08. The first-order valence-electron chi connectivity index (χ1n) is 5.40. The molecule has 0 rings (SSSR count). The third-order valence-electron chi connectivity index (χ3n) is 3.17. The molecule has 0 spiro atoms. The minimum atomic E-state index is -0.872. The van der Waals surface area contributed by atoms with Crippen LogP contribution in [-0.2, 0) is 0 Å². The third-order valence-corrected chi connectivity index (χ3v) is 3.17. The molecule has 0 radical (unpaired) electrons. The Morgan fingerprint density at radius 1 is 1.15 bits per heavy atom. The lowest BCUT2D eigenvalue weighted by molar-refractivity contribution is -0.0879. The van der Waals surface area contributed by atoms with Gasteiger partial charge in [-0.25, -0.2) is 0 Å². The van der Waals surface area contributed by atoms with E-state index in [1.807, 2.05) is 13.8 Å². The van der Waals surface area contributed by atoms with E-state index in [4.69, 9.17) is 0 Å². The zero-order valence-electron chi connectivity index (χ0n) is 9.38. The SMILES string of the molecule is CCC(C)CC(O)C(O)(CC)CC. The normalized spacial score (nSPS) is 17.1. The van der Waals surface area contributed by atoms with Gasteiger partial charge in [0.2, 0.25) is 0 Å². The smallest absolute Gasteiger partial charge is 0.0900 e. The zero-order chi connectivity index (χ0) is 10.5. The highest BCUT2D eigenvalue weighted by Crippen LogP contribution is 2.25. The van der Waals surface area contributed by atoms with Gasteiger partial charge in [-0.2, -0.15) is 0 Å². The van der Waals surface area contributed by atoms with Crippen molar-refractivity contribution in [3.63, 3.8) is 0 Å². The molecule has 0 heterocycles. The van der Waals surface area contributed by atoms with Crippen molar-refractivity contribution >= 4 is 0 Å². The Kier molecular flexibility index (Phi) is 5.57. The number of hydrogen-bond donors (Lipinski definition) is 2. The molecule has 0 aliphatic rings. The van der Waals surface area contributed by atoms with E-state index in [2.05, 4.69) is 13.8 Å². The Morgan fingerprint density at radius 2 is 1.62 bits per heavy atom. The summed E-state index contributed by atoms with van der Waals surface area (Å²) in [6.45, 7) is 8.05. The van der Waals surface area contributed by atoms with E-state index in [0.29, 0.717) is 25.2 Å². The van der Waals surface area contributed by atoms with Gasteiger partial charge in [0.25, 0.3) is 0 Å². The van der Waals surface area contributed by atoms with Crippen LogP contribution in [0.25, 0.3) is 0 Å². The maximum absolute atomic E-state index is 9.99. The average Bonchev–Trinajstić information content (AvgIpc) is 2.16. The number of hydrogen-bond acceptors (Lipinski definition) is 2. The maximum Gasteiger partial charge on any atom is 0.0900 e. The predicted molar refractivity (Wildman–Crippen MR) is 55.6 cm³/mol. The molecule has 80 valence electrons. The molecule has 0 aliphatic heterocycles. The van der Waals surface area contributed by atoms with Crippen molar-refractivity contribution in [2.75, 3.05) is 0 Å². The van der Waals surface area contributed by atoms with Crippen LogP contribution in [0.5, 0.6) is 0 Å². The fraction of sp³-hybridized carbons (Fsp3) is 1.00. The lowest BCUT2D eigenvalue weighted by atomic mass is 9.85. The molecule has 0 aliphatic carbocycles. The van der Waals surface area contributed by atoms with Gasteiger partial charge in [-0.05, 0) is 25.2 Å². The molecule has 2 unspecified atom stereocenters. The molecular formula is C11H24O2. The summed E-state index contributed by atoms with van der Waals surface area (Å²) < 4.78 is 0. The van der Waals surface area contributed by atoms with E-state index in [0.717, 1.165) is 6.42 Å². The van der Waals surface area contributed by atoms with Gasteiger partial charge in [0, 0.05) is 0 Å². The van der Waals surface area contributed by atoms with E-state index in [1.165, 1.54) is 0 Å². The Hall–Kier alpha value is -0.0800. The first-order valence-corrected chi connectivity index (χ1v) is 5.40. The molecule has 0 aromatic carbocycles. The monoisotopic (exact) mass is 188 g/mol. The van der Waals surface area contributed by atoms with E-state index < -0.39 is 11.7 Å². The van der Waals surface area contributed by atoms with Crippen LogP contribution in [-0.4, -0.2) is 21.9 Å². The van der Waals surface area contributed by atoms with Gasteiger partial charge in [0.15, 0.2) is 0 Å². The largest absolute Gasteiger partial charge is 0.390 e. The van der Waals surface area contributed by atoms with Crippen molar-refractivity contribution in [1.29, 1.82) is 0 Å². The second-order valence-corrected chi connectivity index (χ2v) is 4.08. The highest BCUT2D eigenvalue weighted by Gasteiger charge is 2.32. The van der Waals surface area contributed by atoms with Gasteiger partial charge in [-0.15, -0.1) is 0 Å². The van der Waals surface area contributed by atoms with E-state index in [1.54, 1.807) is 0 Å². The number of aliphatic hydroxyl groups excluding tert-OH is 1. The average molecular weight is 188 g/mol. The number of aliphatic hydroxyl groups is 2. The quantitative estimate of drug-likeness (QED) is 0.671. The van der Waals surface area contributed by atoms with Crippen LogP contribution in [0, 0.1) is 5.92 Å². The van der Waals surface area contributed by atoms with Gasteiger partial charge in [-0.1, -0.05) is 34.1 Å². The van der Waals surface area contributed by atoms with Gasteiger partial charge < -0.3 is 10.2 Å². The van der Waals surface area contributed by atoms with Crippen molar-refractivity contribution in [2.24, 2.45) is 5.92 Å². The summed E-state index contributed by atoms with van der Waals surface area (Å²) in [5.41, 5.74) is -0.872. The summed E-state index contributed by atoms with van der Waals surface area (Å²) in [4.78, 5) is 0. The third kappa shape index (κ3) is 3.65. The lowest BCUT2D eigenvalue weighted by Crippen LogP contribution is -2.41. The van der Waals surface area contributed by atoms with Crippen molar-refractivity contribution in [1.82, 2.24) is 0 Å². The van der Waals surface area contributed by atoms with Crippen molar-refractivity contribution in [2.45, 2.75) is 65.1 Å². The molecule has 0 bridgehead atoms. The van der Waals surface area contributed by atoms with Crippen molar-refractivity contribution in [3.8, 4) is 0 Å². The van der Waals surface area contributed by atoms with Crippen molar-refractivity contribution in [3.05, 3.63) is 0 Å². The Morgan fingerprint density at radius 3 is 1.92 bits per heavy atom. The number of rotatable bonds is 6. The summed E-state index contributed by atoms with van der Waals surface area (Å²) in [6.07, 6.45) is 2.44. The molecule has 13 heavy (non-hydrogen) atoms. The van der Waals surface area contributed by atoms with Crippen LogP contribution in [0.1, 0.15) is 53.4 Å². The lowest BCUT2D eigenvalue weighted by Gasteiger charge is -2.32. The van der Waals surface area contributed by atoms with Crippen LogP contribution in [0.2, 0.25) is 0 Å². The zero-order valence-corrected chi connectivity index (χ0v) is 9.38. The summed E-state index contributed by atoms with van der Waals surface area (Å²) >= 11 is 0. The van der Waals surface area contributed by atoms with E-state index in [-0.39, 0.29) is 0 Å². The summed E-state index contributed by atoms with van der Waals surface area (Å²) in [5, 5.41) is 19.8. The fourth-order valence-corrected chi connectivity index (χ4v) is 1.49. The molecule has 0 saturated heterocycles. The molecule has 0 amide bonds. The summed E-state index contributed by atoms with van der Waals surface area (Å²) in [5.74, 6) is 0.486. The van der Waals surface area contributed by atoms with Gasteiger partial charge in [0.05, 0.1) is 11.7 Å². The van der Waals surface area contributed by atoms with Crippen LogP contribution < -0.4 is 0 Å². The second kappa shape index (κ2) is 5.61. The van der Waals surface area contributed by atoms with Crippen molar-refractivity contribution < 1.29 is 10.2 Å². The van der Waals surface area contributed by atoms with Crippen LogP contribution in [0.3, 0.4) is 0 Å². The molecule has 2 atom stereocenters. The van der Waals surface area contributed by atoms with Crippen LogP contribution >= 0.6 is 0 Å². The highest BCUT2D eigenvalue weighted by atomic mass is 16.3. The van der Waals surface area contributed by atoms with E-state index in [9.17, 15) is 10.2 Å². The van der Waals surface area contributed by atoms with Gasteiger partial charge in [0.1, 0.15) is 0 Å². The van der Waals surface area contributed by atoms with E-state index >= 15 is 0 Å². The van der Waals surface area contributed by atoms with Gasteiger partial charge >= 0.3 is 0 Å². The van der Waals surface area contributed by atoms with Gasteiger partial charge in [-0.3, -0.25) is 0 Å². The fourth-order valence-electron chi connectivity index (χ4n) is 1.49. The van der Waals surface area contributed by atoms with Crippen LogP contribution in [0.4, 0.5) is 0 Å². The predicted octanol–water partition coefficient (Wildman–Crippen LogP) is 2.33. The first kappa shape index (κ1) is 12.9. The molecule has 2 N–H and O–H groups in total.